The average molecular weight is 384 g/mol. The Hall–Kier alpha value is -2.71. The number of rotatable bonds is 7. The molecule has 1 amide bonds. The van der Waals surface area contributed by atoms with Gasteiger partial charge in [-0.25, -0.2) is 4.52 Å². The van der Waals surface area contributed by atoms with Crippen molar-refractivity contribution in [3.63, 3.8) is 0 Å². The van der Waals surface area contributed by atoms with Gasteiger partial charge in [0.2, 0.25) is 4.96 Å². The van der Waals surface area contributed by atoms with E-state index in [1.165, 1.54) is 0 Å². The molecule has 3 heterocycles. The minimum absolute atomic E-state index is 0.00884. The molecular formula is C18H16N4O2S2. The average Bonchev–Trinajstić information content (AvgIpc) is 3.38. The number of aromatic nitrogens is 3. The molecular weight excluding hydrogens is 368 g/mol. The summed E-state index contributed by atoms with van der Waals surface area (Å²) >= 11 is 3.18. The van der Waals surface area contributed by atoms with Gasteiger partial charge in [0.25, 0.3) is 5.91 Å². The SMILES string of the molecule is O=C(COc1ccccc1)NCCc1csc2nc(-c3cccs3)nn12. The van der Waals surface area contributed by atoms with Crippen molar-refractivity contribution < 1.29 is 9.53 Å². The molecule has 0 aliphatic heterocycles. The topological polar surface area (TPSA) is 68.5 Å². The molecule has 132 valence electrons. The fourth-order valence-corrected chi connectivity index (χ4v) is 3.96. The Kier molecular flexibility index (Phi) is 4.94. The van der Waals surface area contributed by atoms with Crippen LogP contribution in [0.2, 0.25) is 0 Å². The first-order valence-corrected chi connectivity index (χ1v) is 9.87. The van der Waals surface area contributed by atoms with Crippen LogP contribution < -0.4 is 10.1 Å². The monoisotopic (exact) mass is 384 g/mol. The summed E-state index contributed by atoms with van der Waals surface area (Å²) in [4.78, 5) is 18.4. The Balaban J connectivity index is 1.31. The maximum Gasteiger partial charge on any atom is 0.257 e. The Bertz CT molecular complexity index is 993. The van der Waals surface area contributed by atoms with Crippen molar-refractivity contribution in [3.8, 4) is 16.5 Å². The summed E-state index contributed by atoms with van der Waals surface area (Å²) in [6.07, 6.45) is 0.685. The van der Waals surface area contributed by atoms with Crippen molar-refractivity contribution in [2.75, 3.05) is 13.2 Å². The minimum Gasteiger partial charge on any atom is -0.484 e. The van der Waals surface area contributed by atoms with Crippen molar-refractivity contribution >= 4 is 33.5 Å². The number of thiophene rings is 1. The highest BCUT2D eigenvalue weighted by Crippen LogP contribution is 2.24. The van der Waals surface area contributed by atoms with Crippen molar-refractivity contribution in [1.29, 1.82) is 0 Å². The number of ether oxygens (including phenoxy) is 1. The summed E-state index contributed by atoms with van der Waals surface area (Å²) < 4.78 is 7.29. The molecule has 1 aromatic carbocycles. The van der Waals surface area contributed by atoms with Crippen LogP contribution in [0.4, 0.5) is 0 Å². The molecule has 26 heavy (non-hydrogen) atoms. The van der Waals surface area contributed by atoms with Crippen LogP contribution in [0, 0.1) is 0 Å². The molecule has 0 fully saturated rings. The van der Waals surface area contributed by atoms with E-state index in [1.807, 2.05) is 57.7 Å². The second-order valence-corrected chi connectivity index (χ2v) is 7.32. The first-order valence-electron chi connectivity index (χ1n) is 8.11. The van der Waals surface area contributed by atoms with Gasteiger partial charge in [0, 0.05) is 18.3 Å². The van der Waals surface area contributed by atoms with E-state index in [9.17, 15) is 4.79 Å². The Morgan fingerprint density at radius 3 is 2.85 bits per heavy atom. The van der Waals surface area contributed by atoms with E-state index in [1.54, 1.807) is 22.7 Å². The molecule has 0 saturated heterocycles. The summed E-state index contributed by atoms with van der Waals surface area (Å²) in [7, 11) is 0. The lowest BCUT2D eigenvalue weighted by atomic mass is 10.3. The normalized spacial score (nSPS) is 10.9. The van der Waals surface area contributed by atoms with Crippen LogP contribution in [-0.4, -0.2) is 33.7 Å². The zero-order chi connectivity index (χ0) is 17.8. The number of para-hydroxylation sites is 1. The zero-order valence-corrected chi connectivity index (χ0v) is 15.4. The number of nitrogens with one attached hydrogen (secondary N) is 1. The standard InChI is InChI=1S/C18H16N4O2S2/c23-16(11-24-14-5-2-1-3-6-14)19-9-8-13-12-26-18-20-17(21-22(13)18)15-7-4-10-25-15/h1-7,10,12H,8-9,11H2,(H,19,23). The molecule has 0 aliphatic carbocycles. The third kappa shape index (κ3) is 3.76. The molecule has 6 nitrogen and oxygen atoms in total. The molecule has 0 aliphatic rings. The molecule has 0 saturated carbocycles. The van der Waals surface area contributed by atoms with E-state index in [4.69, 9.17) is 4.74 Å². The van der Waals surface area contributed by atoms with Gasteiger partial charge in [-0.05, 0) is 23.6 Å². The molecule has 3 aromatic heterocycles. The number of hydrogen-bond donors (Lipinski definition) is 1. The van der Waals surface area contributed by atoms with Crippen LogP contribution in [0.1, 0.15) is 5.69 Å². The maximum absolute atomic E-state index is 11.9. The molecule has 1 N–H and O–H groups in total. The molecule has 0 atom stereocenters. The van der Waals surface area contributed by atoms with Gasteiger partial charge in [0.15, 0.2) is 12.4 Å². The summed E-state index contributed by atoms with van der Waals surface area (Å²) in [5, 5.41) is 11.5. The lowest BCUT2D eigenvalue weighted by molar-refractivity contribution is -0.123. The summed E-state index contributed by atoms with van der Waals surface area (Å²) in [5.41, 5.74) is 1.03. The van der Waals surface area contributed by atoms with Crippen molar-refractivity contribution in [3.05, 3.63) is 58.9 Å². The first kappa shape index (κ1) is 16.7. The van der Waals surface area contributed by atoms with E-state index in [0.717, 1.165) is 21.4 Å². The second-order valence-electron chi connectivity index (χ2n) is 5.54. The Morgan fingerprint density at radius 2 is 2.04 bits per heavy atom. The van der Waals surface area contributed by atoms with E-state index in [0.29, 0.717) is 18.7 Å². The summed E-state index contributed by atoms with van der Waals surface area (Å²) in [6.45, 7) is 0.534. The van der Waals surface area contributed by atoms with Crippen LogP contribution in [0.25, 0.3) is 15.7 Å². The molecule has 0 radical (unpaired) electrons. The lowest BCUT2D eigenvalue weighted by Crippen LogP contribution is -2.30. The third-order valence-corrected chi connectivity index (χ3v) is 5.44. The fraction of sp³-hybridized carbons (Fsp3) is 0.167. The van der Waals surface area contributed by atoms with Crippen LogP contribution >= 0.6 is 22.7 Å². The number of thiazole rings is 1. The maximum atomic E-state index is 11.9. The molecule has 4 aromatic rings. The summed E-state index contributed by atoms with van der Waals surface area (Å²) in [6, 6.07) is 13.3. The quantitative estimate of drug-likeness (QED) is 0.531. The highest BCUT2D eigenvalue weighted by Gasteiger charge is 2.12. The smallest absolute Gasteiger partial charge is 0.257 e. The number of hydrogen-bond acceptors (Lipinski definition) is 6. The Labute approximate surface area is 158 Å². The number of amides is 1. The van der Waals surface area contributed by atoms with Crippen LogP contribution in [-0.2, 0) is 11.2 Å². The van der Waals surface area contributed by atoms with E-state index < -0.39 is 0 Å². The van der Waals surface area contributed by atoms with Gasteiger partial charge >= 0.3 is 0 Å². The highest BCUT2D eigenvalue weighted by molar-refractivity contribution is 7.15. The third-order valence-electron chi connectivity index (χ3n) is 3.71. The van der Waals surface area contributed by atoms with Gasteiger partial charge in [0.1, 0.15) is 5.75 Å². The van der Waals surface area contributed by atoms with Gasteiger partial charge in [-0.2, -0.15) is 4.98 Å². The molecule has 0 unspecified atom stereocenters. The molecule has 8 heteroatoms. The van der Waals surface area contributed by atoms with Gasteiger partial charge < -0.3 is 10.1 Å². The van der Waals surface area contributed by atoms with E-state index in [-0.39, 0.29) is 12.5 Å². The first-order chi connectivity index (χ1) is 12.8. The number of carbonyl (C=O) groups excluding carboxylic acids is 1. The van der Waals surface area contributed by atoms with Crippen molar-refractivity contribution in [1.82, 2.24) is 19.9 Å². The highest BCUT2D eigenvalue weighted by atomic mass is 32.1. The second kappa shape index (κ2) is 7.67. The Morgan fingerprint density at radius 1 is 1.15 bits per heavy atom. The van der Waals surface area contributed by atoms with Crippen molar-refractivity contribution in [2.45, 2.75) is 6.42 Å². The number of carbonyl (C=O) groups is 1. The fourth-order valence-electron chi connectivity index (χ4n) is 2.45. The predicted molar refractivity (Wildman–Crippen MR) is 103 cm³/mol. The minimum atomic E-state index is -0.141. The van der Waals surface area contributed by atoms with Gasteiger partial charge in [-0.15, -0.1) is 27.8 Å². The van der Waals surface area contributed by atoms with Gasteiger partial charge in [-0.1, -0.05) is 24.3 Å². The predicted octanol–water partition coefficient (Wildman–Crippen LogP) is 3.26. The number of benzene rings is 1. The van der Waals surface area contributed by atoms with Gasteiger partial charge in [-0.3, -0.25) is 4.79 Å². The number of nitrogens with zero attached hydrogens (tertiary/aromatic N) is 3. The van der Waals surface area contributed by atoms with Crippen LogP contribution in [0.15, 0.2) is 53.2 Å². The molecule has 0 bridgehead atoms. The molecule has 4 rings (SSSR count). The van der Waals surface area contributed by atoms with E-state index in [2.05, 4.69) is 15.4 Å². The zero-order valence-electron chi connectivity index (χ0n) is 13.8. The van der Waals surface area contributed by atoms with Gasteiger partial charge in [0.05, 0.1) is 10.6 Å². The van der Waals surface area contributed by atoms with E-state index >= 15 is 0 Å². The van der Waals surface area contributed by atoms with Crippen LogP contribution in [0.5, 0.6) is 5.75 Å². The number of fused-ring (bicyclic) bond motifs is 1. The lowest BCUT2D eigenvalue weighted by Gasteiger charge is -2.07. The van der Waals surface area contributed by atoms with Crippen molar-refractivity contribution in [2.24, 2.45) is 0 Å². The largest absolute Gasteiger partial charge is 0.484 e. The van der Waals surface area contributed by atoms with Crippen LogP contribution in [0.3, 0.4) is 0 Å². The molecule has 0 spiro atoms. The summed E-state index contributed by atoms with van der Waals surface area (Å²) in [5.74, 6) is 1.29.